The van der Waals surface area contributed by atoms with Crippen molar-refractivity contribution < 1.29 is 19.4 Å². The summed E-state index contributed by atoms with van der Waals surface area (Å²) in [6.45, 7) is 16.5. The van der Waals surface area contributed by atoms with Crippen molar-refractivity contribution in [2.45, 2.75) is 71.5 Å². The van der Waals surface area contributed by atoms with Crippen LogP contribution in [-0.4, -0.2) is 59.5 Å². The average Bonchev–Trinajstić information content (AvgIpc) is 3.16. The first kappa shape index (κ1) is 25.3. The summed E-state index contributed by atoms with van der Waals surface area (Å²) in [4.78, 5) is 31.6. The van der Waals surface area contributed by atoms with Crippen LogP contribution in [0.4, 0.5) is 4.79 Å². The highest BCUT2D eigenvalue weighted by molar-refractivity contribution is 6.82. The molecule has 1 fully saturated rings. The zero-order valence-corrected chi connectivity index (χ0v) is 22.3. The minimum atomic E-state index is -2.06. The van der Waals surface area contributed by atoms with Crippen LogP contribution in [0.1, 0.15) is 65.2 Å². The van der Waals surface area contributed by atoms with Crippen LogP contribution in [0.3, 0.4) is 0 Å². The number of likely N-dealkylation sites (tertiary alicyclic amines) is 1. The molecule has 0 aromatic carbocycles. The maximum absolute atomic E-state index is 13.9. The fraction of sp³-hybridized carbons (Fsp3) is 0.640. The third kappa shape index (κ3) is 4.07. The standard InChI is InChI=1S/C25H39N3O4Si/c1-15(2)33(16(3)4,17(5)6)28-12-10-19-22(21(32-8)13-26-24(19)28)23(29)20-14-27(25(30)31)11-9-18(20)7/h10,12-13,15-18,20H,9,11,14H2,1-8H3,(H,30,31)/t18-,20+/m0/s1. The number of hydrogen-bond donors (Lipinski definition) is 1. The first-order chi connectivity index (χ1) is 15.5. The molecule has 0 saturated carbocycles. The SMILES string of the molecule is COc1cnc2c(ccn2[Si](C(C)C)(C(C)C)C(C)C)c1C(=O)[C@@H]1CN(C(=O)O)CC[C@@H]1C. The lowest BCUT2D eigenvalue weighted by Crippen LogP contribution is -2.51. The number of piperidine rings is 1. The van der Waals surface area contributed by atoms with E-state index in [1.165, 1.54) is 4.90 Å². The molecule has 1 amide bonds. The number of nitrogens with zero attached hydrogens (tertiary/aromatic N) is 3. The largest absolute Gasteiger partial charge is 0.494 e. The molecule has 0 bridgehead atoms. The van der Waals surface area contributed by atoms with Crippen LogP contribution in [0.15, 0.2) is 18.5 Å². The van der Waals surface area contributed by atoms with E-state index in [0.717, 1.165) is 11.0 Å². The summed E-state index contributed by atoms with van der Waals surface area (Å²) in [5.74, 6) is 0.0933. The van der Waals surface area contributed by atoms with E-state index in [1.54, 1.807) is 13.3 Å². The molecule has 0 spiro atoms. The minimum Gasteiger partial charge on any atom is -0.494 e. The van der Waals surface area contributed by atoms with Crippen LogP contribution in [0.25, 0.3) is 11.0 Å². The number of ketones is 1. The Morgan fingerprint density at radius 2 is 1.76 bits per heavy atom. The van der Waals surface area contributed by atoms with E-state index in [4.69, 9.17) is 9.72 Å². The Balaban J connectivity index is 2.20. The van der Waals surface area contributed by atoms with Gasteiger partial charge in [-0.25, -0.2) is 9.78 Å². The molecular formula is C25H39N3O4Si. The van der Waals surface area contributed by atoms with E-state index in [2.05, 4.69) is 52.0 Å². The number of methoxy groups -OCH3 is 1. The lowest BCUT2D eigenvalue weighted by atomic mass is 9.81. The second-order valence-electron chi connectivity index (χ2n) is 10.4. The number of carbonyl (C=O) groups excluding carboxylic acids is 1. The van der Waals surface area contributed by atoms with Gasteiger partial charge in [-0.1, -0.05) is 48.5 Å². The highest BCUT2D eigenvalue weighted by atomic mass is 28.3. The molecular weight excluding hydrogens is 434 g/mol. The molecule has 2 atom stereocenters. The van der Waals surface area contributed by atoms with Crippen LogP contribution in [0.2, 0.25) is 16.6 Å². The van der Waals surface area contributed by atoms with E-state index in [0.29, 0.717) is 40.9 Å². The van der Waals surface area contributed by atoms with Crippen molar-refractivity contribution in [3.63, 3.8) is 0 Å². The minimum absolute atomic E-state index is 0.0543. The molecule has 7 nitrogen and oxygen atoms in total. The smallest absolute Gasteiger partial charge is 0.407 e. The predicted molar refractivity (Wildman–Crippen MR) is 134 cm³/mol. The van der Waals surface area contributed by atoms with Gasteiger partial charge in [-0.05, 0) is 41.2 Å². The van der Waals surface area contributed by atoms with Gasteiger partial charge < -0.3 is 19.0 Å². The molecule has 1 saturated heterocycles. The molecule has 3 rings (SSSR count). The molecule has 0 unspecified atom stereocenters. The number of amides is 1. The van der Waals surface area contributed by atoms with Gasteiger partial charge in [0.2, 0.25) is 0 Å². The molecule has 33 heavy (non-hydrogen) atoms. The average molecular weight is 474 g/mol. The number of fused-ring (bicyclic) bond motifs is 1. The molecule has 182 valence electrons. The quantitative estimate of drug-likeness (QED) is 0.400. The zero-order chi connectivity index (χ0) is 24.7. The first-order valence-electron chi connectivity index (χ1n) is 12.0. The third-order valence-corrected chi connectivity index (χ3v) is 14.6. The summed E-state index contributed by atoms with van der Waals surface area (Å²) in [6, 6.07) is 2.01. The maximum atomic E-state index is 13.9. The molecule has 2 aromatic heterocycles. The topological polar surface area (TPSA) is 84.7 Å². The van der Waals surface area contributed by atoms with Crippen LogP contribution < -0.4 is 4.74 Å². The maximum Gasteiger partial charge on any atom is 0.407 e. The molecule has 1 N–H and O–H groups in total. The Labute approximate surface area is 198 Å². The van der Waals surface area contributed by atoms with Crippen molar-refractivity contribution in [3.8, 4) is 5.75 Å². The number of pyridine rings is 1. The van der Waals surface area contributed by atoms with Crippen molar-refractivity contribution in [1.82, 2.24) is 14.1 Å². The van der Waals surface area contributed by atoms with Crippen molar-refractivity contribution in [2.75, 3.05) is 20.2 Å². The second kappa shape index (κ2) is 9.48. The molecule has 3 heterocycles. The Kier molecular flexibility index (Phi) is 7.26. The van der Waals surface area contributed by atoms with E-state index >= 15 is 0 Å². The monoisotopic (exact) mass is 473 g/mol. The Morgan fingerprint density at radius 1 is 1.15 bits per heavy atom. The number of carbonyl (C=O) groups is 2. The summed E-state index contributed by atoms with van der Waals surface area (Å²) < 4.78 is 8.00. The number of carboxylic acid groups (broad SMARTS) is 1. The Bertz CT molecular complexity index is 1010. The van der Waals surface area contributed by atoms with Crippen molar-refractivity contribution in [1.29, 1.82) is 0 Å². The van der Waals surface area contributed by atoms with E-state index in [9.17, 15) is 14.7 Å². The number of rotatable bonds is 7. The van der Waals surface area contributed by atoms with Crippen LogP contribution in [-0.2, 0) is 0 Å². The first-order valence-corrected chi connectivity index (χ1v) is 14.2. The van der Waals surface area contributed by atoms with E-state index < -0.39 is 20.2 Å². The van der Waals surface area contributed by atoms with E-state index in [1.807, 2.05) is 13.0 Å². The van der Waals surface area contributed by atoms with Gasteiger partial charge in [-0.2, -0.15) is 0 Å². The highest BCUT2D eigenvalue weighted by Crippen LogP contribution is 2.45. The van der Waals surface area contributed by atoms with Gasteiger partial charge >= 0.3 is 6.09 Å². The van der Waals surface area contributed by atoms with Gasteiger partial charge in [-0.3, -0.25) is 4.79 Å². The molecule has 2 aromatic rings. The number of hydrogen-bond acceptors (Lipinski definition) is 4. The molecule has 0 radical (unpaired) electrons. The van der Waals surface area contributed by atoms with Crippen LogP contribution in [0.5, 0.6) is 5.75 Å². The Hall–Kier alpha value is -2.35. The molecule has 8 heteroatoms. The van der Waals surface area contributed by atoms with Gasteiger partial charge in [0.25, 0.3) is 0 Å². The number of ether oxygens (including phenoxy) is 1. The zero-order valence-electron chi connectivity index (χ0n) is 21.3. The summed E-state index contributed by atoms with van der Waals surface area (Å²) in [5.41, 5.74) is 2.82. The number of aromatic nitrogens is 2. The van der Waals surface area contributed by atoms with Gasteiger partial charge in [0.1, 0.15) is 11.4 Å². The van der Waals surface area contributed by atoms with Gasteiger partial charge in [0, 0.05) is 24.4 Å². The normalized spacial score (nSPS) is 19.7. The fourth-order valence-electron chi connectivity index (χ4n) is 6.39. The lowest BCUT2D eigenvalue weighted by Gasteiger charge is -2.44. The predicted octanol–water partition coefficient (Wildman–Crippen LogP) is 5.89. The van der Waals surface area contributed by atoms with Gasteiger partial charge in [-0.15, -0.1) is 0 Å². The van der Waals surface area contributed by atoms with E-state index in [-0.39, 0.29) is 18.2 Å². The summed E-state index contributed by atoms with van der Waals surface area (Å²) in [5, 5.41) is 10.3. The highest BCUT2D eigenvalue weighted by Gasteiger charge is 2.46. The van der Waals surface area contributed by atoms with Gasteiger partial charge in [0.05, 0.1) is 18.9 Å². The Morgan fingerprint density at radius 3 is 2.27 bits per heavy atom. The summed E-state index contributed by atoms with van der Waals surface area (Å²) in [7, 11) is -0.509. The van der Waals surface area contributed by atoms with Crippen LogP contribution in [0, 0.1) is 11.8 Å². The van der Waals surface area contributed by atoms with Crippen molar-refractivity contribution in [3.05, 3.63) is 24.0 Å². The molecule has 1 aliphatic heterocycles. The fourth-order valence-corrected chi connectivity index (χ4v) is 12.9. The summed E-state index contributed by atoms with van der Waals surface area (Å²) in [6.07, 6.45) is 3.48. The second-order valence-corrected chi connectivity index (χ2v) is 16.2. The van der Waals surface area contributed by atoms with Crippen molar-refractivity contribution >= 4 is 31.1 Å². The molecule has 1 aliphatic rings. The molecule has 0 aliphatic carbocycles. The third-order valence-electron chi connectivity index (χ3n) is 7.90. The lowest BCUT2D eigenvalue weighted by molar-refractivity contribution is 0.0705. The van der Waals surface area contributed by atoms with Crippen molar-refractivity contribution in [2.24, 2.45) is 11.8 Å². The van der Waals surface area contributed by atoms with Crippen LogP contribution >= 0.6 is 0 Å². The number of Topliss-reactive ketones (excluding diaryl/α,β-unsaturated/α-hetero) is 1. The summed E-state index contributed by atoms with van der Waals surface area (Å²) >= 11 is 0. The van der Waals surface area contributed by atoms with Gasteiger partial charge in [0.15, 0.2) is 14.0 Å².